The van der Waals surface area contributed by atoms with Gasteiger partial charge in [-0.15, -0.1) is 0 Å². The average Bonchev–Trinajstić information content (AvgIpc) is 2.43. The Morgan fingerprint density at radius 1 is 1.26 bits per heavy atom. The number of para-hydroxylation sites is 1. The Kier molecular flexibility index (Phi) is 5.48. The molecule has 3 nitrogen and oxygen atoms in total. The summed E-state index contributed by atoms with van der Waals surface area (Å²) < 4.78 is 0. The lowest BCUT2D eigenvalue weighted by Crippen LogP contribution is -2.07. The number of aryl methyl sites for hydroxylation is 1. The maximum absolute atomic E-state index is 8.70. The van der Waals surface area contributed by atoms with E-state index in [0.717, 1.165) is 35.8 Å². The average molecular weight is 276 g/mol. The number of nitrogens with zero attached hydrogens (tertiary/aromatic N) is 1. The van der Waals surface area contributed by atoms with Crippen molar-refractivity contribution in [1.29, 1.82) is 0 Å². The molecule has 0 saturated heterocycles. The van der Waals surface area contributed by atoms with Crippen LogP contribution in [0.5, 0.6) is 0 Å². The molecule has 2 N–H and O–H groups in total. The Balaban J connectivity index is 1.91. The lowest BCUT2D eigenvalue weighted by atomic mass is 10.1. The molecule has 0 aliphatic rings. The molecule has 0 aliphatic heterocycles. The monoisotopic (exact) mass is 276 g/mol. The predicted molar refractivity (Wildman–Crippen MR) is 84.0 cm³/mol. The molecular formula is C15H20N2OS. The number of thioether (sulfide) groups is 1. The number of aliphatic hydroxyl groups is 1. The number of aromatic nitrogens is 1. The summed E-state index contributed by atoms with van der Waals surface area (Å²) in [5, 5.41) is 13.3. The lowest BCUT2D eigenvalue weighted by molar-refractivity contribution is 0.296. The van der Waals surface area contributed by atoms with Gasteiger partial charge >= 0.3 is 0 Å². The van der Waals surface area contributed by atoms with Gasteiger partial charge in [0.15, 0.2) is 0 Å². The molecule has 0 aliphatic carbocycles. The normalized spacial score (nSPS) is 10.8. The molecule has 0 amide bonds. The standard InChI is InChI=1S/C15H20N2OS/c1-12-11-13-5-2-3-6-14(13)17-15(12)16-7-10-19-9-4-8-18/h2-3,5-6,11,18H,4,7-10H2,1H3,(H,16,17). The minimum Gasteiger partial charge on any atom is -0.396 e. The van der Waals surface area contributed by atoms with Crippen LogP contribution in [0.1, 0.15) is 12.0 Å². The summed E-state index contributed by atoms with van der Waals surface area (Å²) in [7, 11) is 0. The Morgan fingerprint density at radius 3 is 2.95 bits per heavy atom. The molecule has 0 fully saturated rings. The summed E-state index contributed by atoms with van der Waals surface area (Å²) in [6, 6.07) is 10.3. The summed E-state index contributed by atoms with van der Waals surface area (Å²) in [6.07, 6.45) is 0.873. The van der Waals surface area contributed by atoms with Gasteiger partial charge in [0.2, 0.25) is 0 Å². The topological polar surface area (TPSA) is 45.2 Å². The summed E-state index contributed by atoms with van der Waals surface area (Å²) in [6.45, 7) is 3.27. The zero-order valence-corrected chi connectivity index (χ0v) is 12.0. The number of anilines is 1. The predicted octanol–water partition coefficient (Wildman–Crippen LogP) is 3.07. The van der Waals surface area contributed by atoms with Gasteiger partial charge in [0, 0.05) is 24.3 Å². The number of hydrogen-bond acceptors (Lipinski definition) is 4. The van der Waals surface area contributed by atoms with E-state index in [1.54, 1.807) is 0 Å². The van der Waals surface area contributed by atoms with Gasteiger partial charge in [-0.2, -0.15) is 11.8 Å². The van der Waals surface area contributed by atoms with Crippen molar-refractivity contribution < 1.29 is 5.11 Å². The third-order valence-corrected chi connectivity index (χ3v) is 3.97. The first kappa shape index (κ1) is 14.2. The van der Waals surface area contributed by atoms with Gasteiger partial charge in [-0.05, 0) is 36.8 Å². The van der Waals surface area contributed by atoms with E-state index in [9.17, 15) is 0 Å². The molecule has 0 bridgehead atoms. The number of benzene rings is 1. The maximum atomic E-state index is 8.70. The van der Waals surface area contributed by atoms with Crippen LogP contribution >= 0.6 is 11.8 Å². The van der Waals surface area contributed by atoms with E-state index in [1.807, 2.05) is 30.0 Å². The second kappa shape index (κ2) is 7.36. The largest absolute Gasteiger partial charge is 0.396 e. The van der Waals surface area contributed by atoms with Crippen LogP contribution in [0.15, 0.2) is 30.3 Å². The molecule has 2 rings (SSSR count). The van der Waals surface area contributed by atoms with Crippen LogP contribution in [0, 0.1) is 6.92 Å². The smallest absolute Gasteiger partial charge is 0.129 e. The van der Waals surface area contributed by atoms with Crippen molar-refractivity contribution in [1.82, 2.24) is 4.98 Å². The zero-order valence-electron chi connectivity index (χ0n) is 11.2. The lowest BCUT2D eigenvalue weighted by Gasteiger charge is -2.09. The summed E-state index contributed by atoms with van der Waals surface area (Å²) >= 11 is 1.86. The fourth-order valence-electron chi connectivity index (χ4n) is 1.91. The van der Waals surface area contributed by atoms with Gasteiger partial charge in [-0.25, -0.2) is 4.98 Å². The van der Waals surface area contributed by atoms with E-state index in [0.29, 0.717) is 0 Å². The van der Waals surface area contributed by atoms with Crippen molar-refractivity contribution >= 4 is 28.5 Å². The number of hydrogen-bond donors (Lipinski definition) is 2. The van der Waals surface area contributed by atoms with Crippen LogP contribution in [0.25, 0.3) is 10.9 Å². The van der Waals surface area contributed by atoms with Crippen molar-refractivity contribution in [3.8, 4) is 0 Å². The van der Waals surface area contributed by atoms with E-state index in [-0.39, 0.29) is 6.61 Å². The number of fused-ring (bicyclic) bond motifs is 1. The van der Waals surface area contributed by atoms with Crippen LogP contribution < -0.4 is 5.32 Å². The van der Waals surface area contributed by atoms with Gasteiger partial charge in [0.25, 0.3) is 0 Å². The number of rotatable bonds is 7. The quantitative estimate of drug-likeness (QED) is 0.763. The molecule has 2 aromatic rings. The molecule has 0 saturated carbocycles. The Labute approximate surface area is 118 Å². The van der Waals surface area contributed by atoms with E-state index in [4.69, 9.17) is 5.11 Å². The van der Waals surface area contributed by atoms with Gasteiger partial charge in [0.05, 0.1) is 5.52 Å². The molecule has 1 heterocycles. The van der Waals surface area contributed by atoms with Crippen molar-refractivity contribution in [2.75, 3.05) is 30.0 Å². The summed E-state index contributed by atoms with van der Waals surface area (Å²) in [5.41, 5.74) is 2.21. The van der Waals surface area contributed by atoms with Crippen LogP contribution in [0.2, 0.25) is 0 Å². The van der Waals surface area contributed by atoms with Crippen LogP contribution in [0.3, 0.4) is 0 Å². The Bertz CT molecular complexity index is 531. The number of pyridine rings is 1. The molecule has 102 valence electrons. The minimum atomic E-state index is 0.283. The molecule has 1 aromatic heterocycles. The molecule has 0 spiro atoms. The first-order valence-corrected chi connectivity index (χ1v) is 7.75. The number of nitrogens with one attached hydrogen (secondary N) is 1. The van der Waals surface area contributed by atoms with Gasteiger partial charge in [-0.1, -0.05) is 18.2 Å². The molecule has 1 aromatic carbocycles. The van der Waals surface area contributed by atoms with Gasteiger partial charge < -0.3 is 10.4 Å². The van der Waals surface area contributed by atoms with Gasteiger partial charge in [-0.3, -0.25) is 0 Å². The molecule has 0 unspecified atom stereocenters. The Morgan fingerprint density at radius 2 is 2.11 bits per heavy atom. The van der Waals surface area contributed by atoms with Crippen molar-refractivity contribution in [2.24, 2.45) is 0 Å². The van der Waals surface area contributed by atoms with Gasteiger partial charge in [0.1, 0.15) is 5.82 Å². The van der Waals surface area contributed by atoms with Crippen molar-refractivity contribution in [3.63, 3.8) is 0 Å². The van der Waals surface area contributed by atoms with E-state index >= 15 is 0 Å². The fourth-order valence-corrected chi connectivity index (χ4v) is 2.69. The molecule has 4 heteroatoms. The third kappa shape index (κ3) is 4.11. The fraction of sp³-hybridized carbons (Fsp3) is 0.400. The second-order valence-electron chi connectivity index (χ2n) is 4.46. The minimum absolute atomic E-state index is 0.283. The third-order valence-electron chi connectivity index (χ3n) is 2.90. The zero-order chi connectivity index (χ0) is 13.5. The summed E-state index contributed by atoms with van der Waals surface area (Å²) in [4.78, 5) is 4.65. The first-order chi connectivity index (χ1) is 9.31. The van der Waals surface area contributed by atoms with E-state index in [2.05, 4.69) is 29.4 Å². The van der Waals surface area contributed by atoms with Crippen LogP contribution in [-0.2, 0) is 0 Å². The molecule has 0 radical (unpaired) electrons. The van der Waals surface area contributed by atoms with E-state index in [1.165, 1.54) is 10.9 Å². The molecule has 0 atom stereocenters. The van der Waals surface area contributed by atoms with Crippen molar-refractivity contribution in [3.05, 3.63) is 35.9 Å². The number of aliphatic hydroxyl groups excluding tert-OH is 1. The molecule has 19 heavy (non-hydrogen) atoms. The maximum Gasteiger partial charge on any atom is 0.129 e. The highest BCUT2D eigenvalue weighted by molar-refractivity contribution is 7.99. The highest BCUT2D eigenvalue weighted by atomic mass is 32.2. The van der Waals surface area contributed by atoms with E-state index < -0.39 is 0 Å². The molecular weight excluding hydrogens is 256 g/mol. The van der Waals surface area contributed by atoms with Crippen LogP contribution in [-0.4, -0.2) is 34.7 Å². The highest BCUT2D eigenvalue weighted by Gasteiger charge is 2.02. The summed E-state index contributed by atoms with van der Waals surface area (Å²) in [5.74, 6) is 3.03. The van der Waals surface area contributed by atoms with Crippen molar-refractivity contribution in [2.45, 2.75) is 13.3 Å². The SMILES string of the molecule is Cc1cc2ccccc2nc1NCCSCCCO. The Hall–Kier alpha value is -1.26. The van der Waals surface area contributed by atoms with Crippen LogP contribution in [0.4, 0.5) is 5.82 Å². The second-order valence-corrected chi connectivity index (χ2v) is 5.69. The first-order valence-electron chi connectivity index (χ1n) is 6.60. The highest BCUT2D eigenvalue weighted by Crippen LogP contribution is 2.19.